The fourth-order valence-electron chi connectivity index (χ4n) is 1.05. The summed E-state index contributed by atoms with van der Waals surface area (Å²) in [7, 11) is 0. The Balaban J connectivity index is 2.21. The number of nitrogens with two attached hydrogens (primary N) is 1. The number of hydrogen-bond donors (Lipinski definition) is 2. The first-order valence-electron chi connectivity index (χ1n) is 4.68. The SMILES string of the molecule is N#CC(N)(S)CCOCc1ccccc1. The third kappa shape index (κ3) is 4.84. The van der Waals surface area contributed by atoms with Crippen LogP contribution in [0.25, 0.3) is 0 Å². The molecule has 15 heavy (non-hydrogen) atoms. The summed E-state index contributed by atoms with van der Waals surface area (Å²) in [6.45, 7) is 0.971. The monoisotopic (exact) mass is 222 g/mol. The highest BCUT2D eigenvalue weighted by atomic mass is 32.1. The number of nitrogens with zero attached hydrogens (tertiary/aromatic N) is 1. The first-order valence-corrected chi connectivity index (χ1v) is 5.13. The van der Waals surface area contributed by atoms with Gasteiger partial charge in [0.15, 0.2) is 0 Å². The van der Waals surface area contributed by atoms with E-state index < -0.39 is 4.87 Å². The third-order valence-corrected chi connectivity index (χ3v) is 2.26. The highest BCUT2D eigenvalue weighted by Gasteiger charge is 2.17. The van der Waals surface area contributed by atoms with Crippen LogP contribution in [0.3, 0.4) is 0 Å². The zero-order valence-corrected chi connectivity index (χ0v) is 9.28. The second-order valence-corrected chi connectivity index (χ2v) is 4.12. The lowest BCUT2D eigenvalue weighted by Gasteiger charge is -2.13. The van der Waals surface area contributed by atoms with E-state index in [0.717, 1.165) is 5.56 Å². The summed E-state index contributed by atoms with van der Waals surface area (Å²) in [5, 5.41) is 8.60. The molecule has 1 aromatic carbocycles. The summed E-state index contributed by atoms with van der Waals surface area (Å²) < 4.78 is 5.38. The van der Waals surface area contributed by atoms with Crippen LogP contribution in [0.5, 0.6) is 0 Å². The molecule has 3 nitrogen and oxygen atoms in total. The molecule has 1 rings (SSSR count). The zero-order chi connectivity index (χ0) is 11.1. The van der Waals surface area contributed by atoms with E-state index in [0.29, 0.717) is 19.6 Å². The van der Waals surface area contributed by atoms with Crippen LogP contribution >= 0.6 is 12.6 Å². The molecule has 0 saturated carbocycles. The number of rotatable bonds is 5. The lowest BCUT2D eigenvalue weighted by Crippen LogP contribution is -2.32. The van der Waals surface area contributed by atoms with Gasteiger partial charge in [0.2, 0.25) is 0 Å². The largest absolute Gasteiger partial charge is 0.377 e. The fourth-order valence-corrected chi connectivity index (χ4v) is 1.14. The molecule has 1 atom stereocenters. The number of hydrogen-bond acceptors (Lipinski definition) is 4. The lowest BCUT2D eigenvalue weighted by molar-refractivity contribution is 0.115. The van der Waals surface area contributed by atoms with Crippen molar-refractivity contribution in [2.24, 2.45) is 5.73 Å². The molecule has 2 N–H and O–H groups in total. The van der Waals surface area contributed by atoms with Gasteiger partial charge in [0.1, 0.15) is 4.87 Å². The Hall–Kier alpha value is -1.02. The Labute approximate surface area is 95.3 Å². The molecule has 0 aliphatic heterocycles. The van der Waals surface area contributed by atoms with Gasteiger partial charge < -0.3 is 10.5 Å². The molecule has 0 amide bonds. The molecule has 0 fully saturated rings. The summed E-state index contributed by atoms with van der Waals surface area (Å²) in [4.78, 5) is -1.09. The van der Waals surface area contributed by atoms with E-state index >= 15 is 0 Å². The van der Waals surface area contributed by atoms with Crippen molar-refractivity contribution in [1.82, 2.24) is 0 Å². The molecule has 0 heterocycles. The van der Waals surface area contributed by atoms with Gasteiger partial charge in [-0.1, -0.05) is 30.3 Å². The summed E-state index contributed by atoms with van der Waals surface area (Å²) >= 11 is 3.98. The Morgan fingerprint density at radius 1 is 1.40 bits per heavy atom. The van der Waals surface area contributed by atoms with Crippen molar-refractivity contribution >= 4 is 12.6 Å². The average molecular weight is 222 g/mol. The maximum atomic E-state index is 8.60. The normalized spacial score (nSPS) is 14.2. The van der Waals surface area contributed by atoms with Crippen LogP contribution < -0.4 is 5.73 Å². The van der Waals surface area contributed by atoms with E-state index in [-0.39, 0.29) is 0 Å². The summed E-state index contributed by atoms with van der Waals surface area (Å²) in [5.74, 6) is 0. The quantitative estimate of drug-likeness (QED) is 0.453. The van der Waals surface area contributed by atoms with Crippen molar-refractivity contribution in [2.45, 2.75) is 17.9 Å². The van der Waals surface area contributed by atoms with E-state index in [1.165, 1.54) is 0 Å². The van der Waals surface area contributed by atoms with Crippen LogP contribution in [-0.4, -0.2) is 11.5 Å². The average Bonchev–Trinajstić information content (AvgIpc) is 2.26. The van der Waals surface area contributed by atoms with Gasteiger partial charge >= 0.3 is 0 Å². The van der Waals surface area contributed by atoms with E-state index in [1.807, 2.05) is 36.4 Å². The summed E-state index contributed by atoms with van der Waals surface area (Å²) in [6.07, 6.45) is 0.416. The molecular formula is C11H14N2OS. The van der Waals surface area contributed by atoms with Gasteiger partial charge in [0.25, 0.3) is 0 Å². The number of ether oxygens (including phenoxy) is 1. The summed E-state index contributed by atoms with van der Waals surface area (Å²) in [5.41, 5.74) is 6.63. The van der Waals surface area contributed by atoms with Crippen LogP contribution in [-0.2, 0) is 11.3 Å². The number of benzene rings is 1. The smallest absolute Gasteiger partial charge is 0.150 e. The second kappa shape index (κ2) is 5.76. The molecule has 1 unspecified atom stereocenters. The van der Waals surface area contributed by atoms with Crippen molar-refractivity contribution in [2.75, 3.05) is 6.61 Å². The minimum Gasteiger partial charge on any atom is -0.377 e. The zero-order valence-electron chi connectivity index (χ0n) is 8.39. The maximum absolute atomic E-state index is 8.60. The van der Waals surface area contributed by atoms with Crippen molar-refractivity contribution < 1.29 is 4.74 Å². The minimum absolute atomic E-state index is 0.416. The first-order chi connectivity index (χ1) is 7.14. The fraction of sp³-hybridized carbons (Fsp3) is 0.364. The molecule has 0 bridgehead atoms. The minimum atomic E-state index is -1.09. The Morgan fingerprint density at radius 2 is 2.07 bits per heavy atom. The van der Waals surface area contributed by atoms with Gasteiger partial charge in [-0.2, -0.15) is 5.26 Å². The molecule has 0 aromatic heterocycles. The van der Waals surface area contributed by atoms with Crippen LogP contribution in [0, 0.1) is 11.3 Å². The molecule has 0 aliphatic carbocycles. The topological polar surface area (TPSA) is 59.0 Å². The molecule has 0 aliphatic rings. The number of thiol groups is 1. The van der Waals surface area contributed by atoms with Gasteiger partial charge in [-0.05, 0) is 5.56 Å². The molecule has 1 aromatic rings. The molecule has 0 radical (unpaired) electrons. The highest BCUT2D eigenvalue weighted by molar-refractivity contribution is 7.82. The van der Waals surface area contributed by atoms with Crippen molar-refractivity contribution in [3.05, 3.63) is 35.9 Å². The van der Waals surface area contributed by atoms with E-state index in [2.05, 4.69) is 12.6 Å². The van der Waals surface area contributed by atoms with E-state index in [9.17, 15) is 0 Å². The maximum Gasteiger partial charge on any atom is 0.150 e. The Bertz CT molecular complexity index is 332. The van der Waals surface area contributed by atoms with Crippen LogP contribution in [0.1, 0.15) is 12.0 Å². The van der Waals surface area contributed by atoms with E-state index in [1.54, 1.807) is 0 Å². The Morgan fingerprint density at radius 3 is 2.67 bits per heavy atom. The molecular weight excluding hydrogens is 208 g/mol. The summed E-state index contributed by atoms with van der Waals surface area (Å²) in [6, 6.07) is 11.7. The van der Waals surface area contributed by atoms with Gasteiger partial charge in [0, 0.05) is 6.42 Å². The van der Waals surface area contributed by atoms with Crippen LogP contribution in [0.15, 0.2) is 30.3 Å². The van der Waals surface area contributed by atoms with Crippen LogP contribution in [0.2, 0.25) is 0 Å². The molecule has 0 saturated heterocycles. The molecule has 4 heteroatoms. The standard InChI is InChI=1S/C11H14N2OS/c12-9-11(13,15)6-7-14-8-10-4-2-1-3-5-10/h1-5,15H,6-8,13H2. The first kappa shape index (κ1) is 12.1. The van der Waals surface area contributed by atoms with Gasteiger partial charge in [-0.3, -0.25) is 0 Å². The van der Waals surface area contributed by atoms with Gasteiger partial charge in [0.05, 0.1) is 19.3 Å². The predicted molar refractivity (Wildman–Crippen MR) is 62.2 cm³/mol. The Kier molecular flexibility index (Phi) is 4.63. The van der Waals surface area contributed by atoms with Crippen LogP contribution in [0.4, 0.5) is 0 Å². The van der Waals surface area contributed by atoms with Crippen molar-refractivity contribution in [3.63, 3.8) is 0 Å². The lowest BCUT2D eigenvalue weighted by atomic mass is 10.2. The molecule has 80 valence electrons. The highest BCUT2D eigenvalue weighted by Crippen LogP contribution is 2.10. The van der Waals surface area contributed by atoms with Crippen molar-refractivity contribution in [1.29, 1.82) is 5.26 Å². The number of nitriles is 1. The third-order valence-electron chi connectivity index (χ3n) is 1.93. The second-order valence-electron chi connectivity index (χ2n) is 3.32. The van der Waals surface area contributed by atoms with Crippen molar-refractivity contribution in [3.8, 4) is 6.07 Å². The predicted octanol–water partition coefficient (Wildman–Crippen LogP) is 1.70. The van der Waals surface area contributed by atoms with Gasteiger partial charge in [-0.15, -0.1) is 12.6 Å². The molecule has 0 spiro atoms. The van der Waals surface area contributed by atoms with Gasteiger partial charge in [-0.25, -0.2) is 0 Å². The van der Waals surface area contributed by atoms with E-state index in [4.69, 9.17) is 15.7 Å².